The number of hydrogen-bond donors (Lipinski definition) is 1. The summed E-state index contributed by atoms with van der Waals surface area (Å²) in [6, 6.07) is 7.60. The molecule has 0 aliphatic carbocycles. The van der Waals surface area contributed by atoms with Crippen LogP contribution >= 0.6 is 12.6 Å². The Morgan fingerprint density at radius 3 is 2.50 bits per heavy atom. The van der Waals surface area contributed by atoms with E-state index in [1.54, 1.807) is 20.2 Å². The van der Waals surface area contributed by atoms with E-state index in [0.29, 0.717) is 0 Å². The molecule has 0 radical (unpaired) electrons. The molecule has 0 spiro atoms. The molecular weight excluding hydrogens is 218 g/mol. The topological polar surface area (TPSA) is 29.4 Å². The molecule has 0 amide bonds. The zero-order valence-electron chi connectivity index (χ0n) is 9.47. The number of benzene rings is 1. The number of hydrogen-bond acceptors (Lipinski definition) is 3. The highest BCUT2D eigenvalue weighted by Crippen LogP contribution is 2.08. The van der Waals surface area contributed by atoms with Crippen molar-refractivity contribution in [3.8, 4) is 0 Å². The van der Waals surface area contributed by atoms with Crippen LogP contribution < -0.4 is 0 Å². The van der Waals surface area contributed by atoms with E-state index >= 15 is 0 Å². The summed E-state index contributed by atoms with van der Waals surface area (Å²) in [6.07, 6.45) is 4.48. The highest BCUT2D eigenvalue weighted by Gasteiger charge is 1.97. The van der Waals surface area contributed by atoms with Gasteiger partial charge in [-0.1, -0.05) is 30.3 Å². The molecule has 16 heavy (non-hydrogen) atoms. The number of carbonyl (C=O) groups is 1. The number of allylic oxidation sites excluding steroid dienone is 2. The fourth-order valence-electron chi connectivity index (χ4n) is 1.28. The van der Waals surface area contributed by atoms with Gasteiger partial charge < -0.3 is 0 Å². The van der Waals surface area contributed by atoms with E-state index < -0.39 is 0 Å². The second-order valence-corrected chi connectivity index (χ2v) is 3.99. The van der Waals surface area contributed by atoms with Crippen molar-refractivity contribution in [3.63, 3.8) is 0 Å². The maximum absolute atomic E-state index is 11.1. The van der Waals surface area contributed by atoms with Crippen LogP contribution in [-0.4, -0.2) is 19.0 Å². The van der Waals surface area contributed by atoms with Crippen LogP contribution in [0.1, 0.15) is 22.8 Å². The van der Waals surface area contributed by atoms with E-state index in [1.807, 2.05) is 30.3 Å². The van der Waals surface area contributed by atoms with E-state index in [0.717, 1.165) is 22.5 Å². The molecule has 1 aromatic rings. The van der Waals surface area contributed by atoms with Gasteiger partial charge in [0, 0.05) is 23.7 Å². The third-order valence-corrected chi connectivity index (χ3v) is 2.47. The summed E-state index contributed by atoms with van der Waals surface area (Å²) in [5, 5.41) is 0. The van der Waals surface area contributed by atoms with Gasteiger partial charge in [0.2, 0.25) is 0 Å². The van der Waals surface area contributed by atoms with Gasteiger partial charge in [0.15, 0.2) is 5.78 Å². The lowest BCUT2D eigenvalue weighted by atomic mass is 10.1. The minimum absolute atomic E-state index is 0.0927. The molecule has 3 heteroatoms. The fourth-order valence-corrected chi connectivity index (χ4v) is 1.49. The average Bonchev–Trinajstić information content (AvgIpc) is 2.27. The summed E-state index contributed by atoms with van der Waals surface area (Å²) in [5.74, 6) is 0.0927. The maximum atomic E-state index is 11.1. The van der Waals surface area contributed by atoms with Gasteiger partial charge in [0.05, 0.1) is 0 Å². The molecule has 1 aromatic carbocycles. The molecule has 1 rings (SSSR count). The third kappa shape index (κ3) is 4.03. The first-order valence-corrected chi connectivity index (χ1v) is 5.49. The summed E-state index contributed by atoms with van der Waals surface area (Å²) < 4.78 is 0. The Kier molecular flexibility index (Phi) is 4.99. The van der Waals surface area contributed by atoms with Crippen molar-refractivity contribution in [1.82, 2.24) is 0 Å². The van der Waals surface area contributed by atoms with Crippen LogP contribution in [0.5, 0.6) is 0 Å². The van der Waals surface area contributed by atoms with E-state index in [1.165, 1.54) is 0 Å². The molecule has 0 aliphatic heterocycles. The molecule has 0 aromatic heterocycles. The van der Waals surface area contributed by atoms with Crippen LogP contribution in [0.2, 0.25) is 0 Å². The molecule has 0 saturated heterocycles. The van der Waals surface area contributed by atoms with Crippen molar-refractivity contribution in [2.75, 3.05) is 7.05 Å². The molecule has 2 nitrogen and oxygen atoms in total. The van der Waals surface area contributed by atoms with E-state index in [2.05, 4.69) is 17.6 Å². The van der Waals surface area contributed by atoms with Crippen molar-refractivity contribution in [2.24, 2.45) is 4.99 Å². The summed E-state index contributed by atoms with van der Waals surface area (Å²) in [5.41, 5.74) is 1.90. The van der Waals surface area contributed by atoms with Crippen molar-refractivity contribution in [3.05, 3.63) is 46.4 Å². The zero-order chi connectivity index (χ0) is 12.0. The molecule has 0 unspecified atom stereocenters. The Morgan fingerprint density at radius 2 is 2.00 bits per heavy atom. The Balaban J connectivity index is 2.69. The molecule has 0 N–H and O–H groups in total. The first kappa shape index (κ1) is 12.7. The van der Waals surface area contributed by atoms with Crippen LogP contribution in [0.3, 0.4) is 0 Å². The van der Waals surface area contributed by atoms with E-state index in [-0.39, 0.29) is 5.78 Å². The summed E-state index contributed by atoms with van der Waals surface area (Å²) in [7, 11) is 1.71. The zero-order valence-corrected chi connectivity index (χ0v) is 10.4. The van der Waals surface area contributed by atoms with Gasteiger partial charge in [0.25, 0.3) is 0 Å². The number of rotatable bonds is 4. The lowest BCUT2D eigenvalue weighted by Gasteiger charge is -1.99. The van der Waals surface area contributed by atoms with Crippen LogP contribution in [0, 0.1) is 0 Å². The maximum Gasteiger partial charge on any atom is 0.159 e. The van der Waals surface area contributed by atoms with Gasteiger partial charge in [-0.3, -0.25) is 9.79 Å². The number of nitrogens with zero attached hydrogens (tertiary/aromatic N) is 1. The summed E-state index contributed by atoms with van der Waals surface area (Å²) in [6.45, 7) is 1.57. The average molecular weight is 233 g/mol. The van der Waals surface area contributed by atoms with Crippen LogP contribution in [-0.2, 0) is 6.42 Å². The lowest BCUT2D eigenvalue weighted by molar-refractivity contribution is 0.101. The Hall–Kier alpha value is -1.35. The SMILES string of the molecule is CN=C/C(S)=C\Cc1ccc(C(C)=O)cc1. The minimum Gasteiger partial charge on any atom is -0.295 e. The molecule has 0 bridgehead atoms. The Labute approximate surface area is 102 Å². The Bertz CT molecular complexity index is 418. The predicted octanol–water partition coefficient (Wildman–Crippen LogP) is 2.95. The summed E-state index contributed by atoms with van der Waals surface area (Å²) in [4.78, 5) is 15.8. The Morgan fingerprint density at radius 1 is 1.38 bits per heavy atom. The molecule has 0 fully saturated rings. The second kappa shape index (κ2) is 6.28. The first-order valence-electron chi connectivity index (χ1n) is 5.04. The molecular formula is C13H15NOS. The third-order valence-electron chi connectivity index (χ3n) is 2.17. The van der Waals surface area contributed by atoms with Gasteiger partial charge in [-0.2, -0.15) is 0 Å². The molecule has 0 saturated carbocycles. The van der Waals surface area contributed by atoms with E-state index in [9.17, 15) is 4.79 Å². The largest absolute Gasteiger partial charge is 0.295 e. The quantitative estimate of drug-likeness (QED) is 0.483. The van der Waals surface area contributed by atoms with Crippen molar-refractivity contribution >= 4 is 24.6 Å². The molecule has 0 atom stereocenters. The fraction of sp³-hybridized carbons (Fsp3) is 0.231. The summed E-state index contributed by atoms with van der Waals surface area (Å²) >= 11 is 4.25. The lowest BCUT2D eigenvalue weighted by Crippen LogP contribution is -1.92. The molecule has 0 aliphatic rings. The number of thiol groups is 1. The predicted molar refractivity (Wildman–Crippen MR) is 71.6 cm³/mol. The van der Waals surface area contributed by atoms with Gasteiger partial charge >= 0.3 is 0 Å². The van der Waals surface area contributed by atoms with Gasteiger partial charge in [-0.15, -0.1) is 12.6 Å². The highest BCUT2D eigenvalue weighted by atomic mass is 32.1. The number of ketones is 1. The smallest absolute Gasteiger partial charge is 0.159 e. The van der Waals surface area contributed by atoms with Gasteiger partial charge in [0.1, 0.15) is 0 Å². The monoisotopic (exact) mass is 233 g/mol. The van der Waals surface area contributed by atoms with Gasteiger partial charge in [-0.05, 0) is 18.9 Å². The van der Waals surface area contributed by atoms with Crippen molar-refractivity contribution in [2.45, 2.75) is 13.3 Å². The van der Waals surface area contributed by atoms with Crippen molar-refractivity contribution in [1.29, 1.82) is 0 Å². The molecule has 0 heterocycles. The molecule has 84 valence electrons. The minimum atomic E-state index is 0.0927. The number of Topliss-reactive ketones (excluding diaryl/α,β-unsaturated/α-hetero) is 1. The standard InChI is InChI=1S/C13H15NOS/c1-10(15)12-6-3-11(4-7-12)5-8-13(16)9-14-2/h3-4,6-9,16H,5H2,1-2H3/b13-8+,14-9?. The van der Waals surface area contributed by atoms with Crippen LogP contribution in [0.4, 0.5) is 0 Å². The highest BCUT2D eigenvalue weighted by molar-refractivity contribution is 7.85. The van der Waals surface area contributed by atoms with Crippen molar-refractivity contribution < 1.29 is 4.79 Å². The van der Waals surface area contributed by atoms with E-state index in [4.69, 9.17) is 0 Å². The van der Waals surface area contributed by atoms with Crippen LogP contribution in [0.25, 0.3) is 0 Å². The van der Waals surface area contributed by atoms with Gasteiger partial charge in [-0.25, -0.2) is 0 Å². The number of aliphatic imine (C=N–C) groups is 1. The second-order valence-electron chi connectivity index (χ2n) is 3.47. The first-order chi connectivity index (χ1) is 7.63. The number of carbonyl (C=O) groups excluding carboxylic acids is 1. The van der Waals surface area contributed by atoms with Crippen LogP contribution in [0.15, 0.2) is 40.2 Å². The normalized spacial score (nSPS) is 12.1.